The van der Waals surface area contributed by atoms with E-state index in [2.05, 4.69) is 38.0 Å². The van der Waals surface area contributed by atoms with Gasteiger partial charge in [-0.2, -0.15) is 0 Å². The zero-order valence-corrected chi connectivity index (χ0v) is 12.6. The van der Waals surface area contributed by atoms with Gasteiger partial charge >= 0.3 is 0 Å². The Morgan fingerprint density at radius 3 is 2.53 bits per heavy atom. The molecule has 0 saturated carbocycles. The van der Waals surface area contributed by atoms with Crippen LogP contribution in [-0.4, -0.2) is 31.1 Å². The zero-order chi connectivity index (χ0) is 14.3. The molecule has 0 aliphatic heterocycles. The van der Waals surface area contributed by atoms with E-state index in [1.165, 1.54) is 6.07 Å². The molecule has 0 spiro atoms. The molecule has 3 heteroatoms. The molecule has 0 aromatic heterocycles. The fraction of sp³-hybridized carbons (Fsp3) is 0.625. The van der Waals surface area contributed by atoms with Crippen LogP contribution < -0.4 is 5.32 Å². The molecule has 0 heterocycles. The van der Waals surface area contributed by atoms with Crippen LogP contribution in [0.4, 0.5) is 4.39 Å². The molecule has 1 rings (SSSR count). The fourth-order valence-corrected chi connectivity index (χ4v) is 1.97. The lowest BCUT2D eigenvalue weighted by Crippen LogP contribution is -2.32. The second-order valence-corrected chi connectivity index (χ2v) is 5.74. The van der Waals surface area contributed by atoms with Crippen molar-refractivity contribution < 1.29 is 4.39 Å². The van der Waals surface area contributed by atoms with Crippen molar-refractivity contribution in [1.29, 1.82) is 0 Å². The second-order valence-electron chi connectivity index (χ2n) is 5.74. The molecule has 0 aliphatic carbocycles. The Kier molecular flexibility index (Phi) is 7.03. The molecular formula is C16H27FN2. The molecule has 0 radical (unpaired) electrons. The second kappa shape index (κ2) is 8.28. The standard InChI is InChI=1S/C16H27FN2/c1-13(2)11-18-10-9-14(3)19(4)12-15-7-5-6-8-16(15)17/h5-8,13-14,18H,9-12H2,1-4H3. The van der Waals surface area contributed by atoms with Gasteiger partial charge in [-0.05, 0) is 45.5 Å². The number of benzene rings is 1. The number of halogens is 1. The largest absolute Gasteiger partial charge is 0.316 e. The van der Waals surface area contributed by atoms with E-state index in [1.54, 1.807) is 6.07 Å². The molecule has 0 aliphatic rings. The van der Waals surface area contributed by atoms with Gasteiger partial charge in [0.15, 0.2) is 0 Å². The van der Waals surface area contributed by atoms with Crippen LogP contribution in [0.25, 0.3) is 0 Å². The van der Waals surface area contributed by atoms with Crippen molar-refractivity contribution >= 4 is 0 Å². The van der Waals surface area contributed by atoms with Crippen molar-refractivity contribution in [2.45, 2.75) is 39.8 Å². The molecule has 0 fully saturated rings. The monoisotopic (exact) mass is 266 g/mol. The highest BCUT2D eigenvalue weighted by molar-refractivity contribution is 5.17. The zero-order valence-electron chi connectivity index (χ0n) is 12.6. The van der Waals surface area contributed by atoms with Gasteiger partial charge in [-0.3, -0.25) is 4.90 Å². The van der Waals surface area contributed by atoms with Crippen molar-refractivity contribution in [3.63, 3.8) is 0 Å². The summed E-state index contributed by atoms with van der Waals surface area (Å²) in [6.45, 7) is 9.35. The van der Waals surface area contributed by atoms with Gasteiger partial charge in [0.1, 0.15) is 5.82 Å². The van der Waals surface area contributed by atoms with E-state index in [9.17, 15) is 4.39 Å². The van der Waals surface area contributed by atoms with E-state index in [-0.39, 0.29) is 5.82 Å². The van der Waals surface area contributed by atoms with Crippen LogP contribution in [0.15, 0.2) is 24.3 Å². The Morgan fingerprint density at radius 2 is 1.89 bits per heavy atom. The molecule has 108 valence electrons. The van der Waals surface area contributed by atoms with E-state index < -0.39 is 0 Å². The first-order valence-corrected chi connectivity index (χ1v) is 7.15. The van der Waals surface area contributed by atoms with Crippen molar-refractivity contribution in [3.8, 4) is 0 Å². The smallest absolute Gasteiger partial charge is 0.127 e. The minimum atomic E-state index is -0.112. The van der Waals surface area contributed by atoms with Gasteiger partial charge < -0.3 is 5.32 Å². The Morgan fingerprint density at radius 1 is 1.21 bits per heavy atom. The number of hydrogen-bond donors (Lipinski definition) is 1. The maximum atomic E-state index is 13.6. The Labute approximate surface area is 117 Å². The van der Waals surface area contributed by atoms with Gasteiger partial charge in [-0.25, -0.2) is 4.39 Å². The quantitative estimate of drug-likeness (QED) is 0.726. The molecule has 1 aromatic rings. The molecule has 0 bridgehead atoms. The lowest BCUT2D eigenvalue weighted by Gasteiger charge is -2.25. The minimum absolute atomic E-state index is 0.112. The third kappa shape index (κ3) is 6.17. The number of hydrogen-bond acceptors (Lipinski definition) is 2. The van der Waals surface area contributed by atoms with Crippen molar-refractivity contribution in [1.82, 2.24) is 10.2 Å². The number of nitrogens with one attached hydrogen (secondary N) is 1. The normalized spacial score (nSPS) is 13.2. The highest BCUT2D eigenvalue weighted by Crippen LogP contribution is 2.11. The first-order valence-electron chi connectivity index (χ1n) is 7.15. The third-order valence-electron chi connectivity index (χ3n) is 3.42. The van der Waals surface area contributed by atoms with Crippen LogP contribution in [0, 0.1) is 11.7 Å². The molecular weight excluding hydrogens is 239 g/mol. The van der Waals surface area contributed by atoms with E-state index in [0.717, 1.165) is 25.1 Å². The van der Waals surface area contributed by atoms with E-state index in [4.69, 9.17) is 0 Å². The topological polar surface area (TPSA) is 15.3 Å². The molecule has 1 aromatic carbocycles. The molecule has 0 saturated heterocycles. The maximum Gasteiger partial charge on any atom is 0.127 e. The first-order chi connectivity index (χ1) is 9.00. The summed E-state index contributed by atoms with van der Waals surface area (Å²) in [5.41, 5.74) is 0.770. The predicted octanol–water partition coefficient (Wildman–Crippen LogP) is 3.28. The molecule has 1 unspecified atom stereocenters. The summed E-state index contributed by atoms with van der Waals surface area (Å²) in [5, 5.41) is 3.45. The van der Waals surface area contributed by atoms with Crippen LogP contribution in [0.1, 0.15) is 32.8 Å². The SMILES string of the molecule is CC(C)CNCCC(C)N(C)Cc1ccccc1F. The summed E-state index contributed by atoms with van der Waals surface area (Å²) in [6.07, 6.45) is 1.08. The maximum absolute atomic E-state index is 13.6. The van der Waals surface area contributed by atoms with Crippen molar-refractivity contribution in [3.05, 3.63) is 35.6 Å². The first kappa shape index (κ1) is 16.1. The average molecular weight is 266 g/mol. The van der Waals surface area contributed by atoms with E-state index in [0.29, 0.717) is 18.5 Å². The highest BCUT2D eigenvalue weighted by Gasteiger charge is 2.11. The summed E-state index contributed by atoms with van der Waals surface area (Å²) in [7, 11) is 2.06. The van der Waals surface area contributed by atoms with Gasteiger partial charge in [0.05, 0.1) is 0 Å². The Bertz CT molecular complexity index is 366. The van der Waals surface area contributed by atoms with Crippen LogP contribution >= 0.6 is 0 Å². The molecule has 1 atom stereocenters. The van der Waals surface area contributed by atoms with Gasteiger partial charge in [-0.1, -0.05) is 32.0 Å². The molecule has 1 N–H and O–H groups in total. The van der Waals surface area contributed by atoms with Crippen LogP contribution in [0.3, 0.4) is 0 Å². The number of nitrogens with zero attached hydrogens (tertiary/aromatic N) is 1. The highest BCUT2D eigenvalue weighted by atomic mass is 19.1. The predicted molar refractivity (Wildman–Crippen MR) is 79.7 cm³/mol. The minimum Gasteiger partial charge on any atom is -0.316 e. The van der Waals surface area contributed by atoms with Gasteiger partial charge in [0.25, 0.3) is 0 Å². The van der Waals surface area contributed by atoms with Gasteiger partial charge in [-0.15, -0.1) is 0 Å². The van der Waals surface area contributed by atoms with Crippen molar-refractivity contribution in [2.75, 3.05) is 20.1 Å². The summed E-state index contributed by atoms with van der Waals surface area (Å²) in [6, 6.07) is 7.45. The van der Waals surface area contributed by atoms with Crippen LogP contribution in [-0.2, 0) is 6.54 Å². The molecule has 0 amide bonds. The Balaban J connectivity index is 2.32. The van der Waals surface area contributed by atoms with Crippen LogP contribution in [0.2, 0.25) is 0 Å². The summed E-state index contributed by atoms with van der Waals surface area (Å²) in [4.78, 5) is 2.20. The average Bonchev–Trinajstić information content (AvgIpc) is 2.36. The summed E-state index contributed by atoms with van der Waals surface area (Å²) in [5.74, 6) is 0.575. The van der Waals surface area contributed by atoms with E-state index in [1.807, 2.05) is 12.1 Å². The lowest BCUT2D eigenvalue weighted by molar-refractivity contribution is 0.233. The summed E-state index contributed by atoms with van der Waals surface area (Å²) < 4.78 is 13.6. The lowest BCUT2D eigenvalue weighted by atomic mass is 10.1. The molecule has 2 nitrogen and oxygen atoms in total. The van der Waals surface area contributed by atoms with Crippen LogP contribution in [0.5, 0.6) is 0 Å². The Hall–Kier alpha value is -0.930. The van der Waals surface area contributed by atoms with Gasteiger partial charge in [0.2, 0.25) is 0 Å². The van der Waals surface area contributed by atoms with Crippen molar-refractivity contribution in [2.24, 2.45) is 5.92 Å². The van der Waals surface area contributed by atoms with E-state index >= 15 is 0 Å². The summed E-state index contributed by atoms with van der Waals surface area (Å²) >= 11 is 0. The fourth-order valence-electron chi connectivity index (χ4n) is 1.97. The molecule has 19 heavy (non-hydrogen) atoms. The number of rotatable bonds is 8. The van der Waals surface area contributed by atoms with Gasteiger partial charge in [0, 0.05) is 18.2 Å². The third-order valence-corrected chi connectivity index (χ3v) is 3.42.